The molecule has 0 aliphatic rings. The van der Waals surface area contributed by atoms with Crippen LogP contribution in [0.25, 0.3) is 0 Å². The highest BCUT2D eigenvalue weighted by molar-refractivity contribution is 7.99. The van der Waals surface area contributed by atoms with E-state index in [0.29, 0.717) is 57.6 Å². The van der Waals surface area contributed by atoms with E-state index < -0.39 is 36.5 Å². The molecule has 0 bridgehead atoms. The van der Waals surface area contributed by atoms with Gasteiger partial charge >= 0.3 is 17.9 Å². The number of unbranched alkanes of at least 4 members (excludes halogenated alkanes) is 15. The van der Waals surface area contributed by atoms with E-state index >= 15 is 0 Å². The SMILES string of the molecule is CC[C@@H](CSCC(=O)CCCNC(=O)COCCOCCCC(=O)COCCOCCNC(=O)CC[C@H](CCCCCCCCCCCCCCCCCCC(=O)O)C(=O)O)C(=O)CN[C@@H](CO)C(=O)O. The van der Waals surface area contributed by atoms with Crippen LogP contribution in [0.3, 0.4) is 0 Å². The van der Waals surface area contributed by atoms with Crippen LogP contribution in [-0.4, -0.2) is 164 Å². The molecule has 0 spiro atoms. The van der Waals surface area contributed by atoms with Crippen molar-refractivity contribution in [2.75, 3.05) is 90.6 Å². The number of hydrogen-bond acceptors (Lipinski definition) is 15. The fourth-order valence-corrected chi connectivity index (χ4v) is 8.61. The lowest BCUT2D eigenvalue weighted by Gasteiger charge is -2.16. The van der Waals surface area contributed by atoms with E-state index in [1.165, 1.54) is 76.0 Å². The maximum atomic E-state index is 12.4. The summed E-state index contributed by atoms with van der Waals surface area (Å²) in [6.45, 7) is 2.97. The van der Waals surface area contributed by atoms with Gasteiger partial charge in [0.1, 0.15) is 25.0 Å². The predicted molar refractivity (Wildman–Crippen MR) is 272 cm³/mol. The molecule has 19 nitrogen and oxygen atoms in total. The molecular formula is C51H91N3O16S. The topological polar surface area (TPSA) is 290 Å². The number of amides is 2. The highest BCUT2D eigenvalue weighted by atomic mass is 32.2. The van der Waals surface area contributed by atoms with Gasteiger partial charge in [-0.25, -0.2) is 0 Å². The molecule has 412 valence electrons. The molecule has 0 aromatic heterocycles. The smallest absolute Gasteiger partial charge is 0.323 e. The summed E-state index contributed by atoms with van der Waals surface area (Å²) >= 11 is 1.34. The van der Waals surface area contributed by atoms with Crippen molar-refractivity contribution in [1.82, 2.24) is 16.0 Å². The largest absolute Gasteiger partial charge is 0.481 e. The summed E-state index contributed by atoms with van der Waals surface area (Å²) < 4.78 is 21.6. The number of aliphatic hydroxyl groups excluding tert-OH is 1. The van der Waals surface area contributed by atoms with E-state index in [4.69, 9.17) is 34.3 Å². The minimum absolute atomic E-state index is 0.00760. The van der Waals surface area contributed by atoms with Gasteiger partial charge in [-0.1, -0.05) is 103 Å². The summed E-state index contributed by atoms with van der Waals surface area (Å²) in [5, 5.41) is 44.3. The van der Waals surface area contributed by atoms with Gasteiger partial charge in [0.05, 0.1) is 57.9 Å². The highest BCUT2D eigenvalue weighted by Crippen LogP contribution is 2.19. The molecule has 71 heavy (non-hydrogen) atoms. The molecule has 0 aliphatic carbocycles. The fraction of sp³-hybridized carbons (Fsp3) is 0.843. The van der Waals surface area contributed by atoms with Gasteiger partial charge in [-0.15, -0.1) is 0 Å². The Morgan fingerprint density at radius 3 is 1.59 bits per heavy atom. The third kappa shape index (κ3) is 44.9. The minimum Gasteiger partial charge on any atom is -0.481 e. The summed E-state index contributed by atoms with van der Waals surface area (Å²) in [5.74, 6) is -3.81. The molecule has 0 heterocycles. The maximum absolute atomic E-state index is 12.4. The zero-order valence-electron chi connectivity index (χ0n) is 42.9. The molecule has 3 atom stereocenters. The van der Waals surface area contributed by atoms with Crippen LogP contribution in [0.15, 0.2) is 0 Å². The quantitative estimate of drug-likeness (QED) is 0.0347. The van der Waals surface area contributed by atoms with Gasteiger partial charge in [0, 0.05) is 57.1 Å². The highest BCUT2D eigenvalue weighted by Gasteiger charge is 2.22. The summed E-state index contributed by atoms with van der Waals surface area (Å²) in [5.41, 5.74) is 0. The van der Waals surface area contributed by atoms with Crippen LogP contribution in [-0.2, 0) is 57.3 Å². The van der Waals surface area contributed by atoms with Gasteiger partial charge in [0.2, 0.25) is 11.8 Å². The van der Waals surface area contributed by atoms with E-state index in [-0.39, 0.29) is 119 Å². The second-order valence-electron chi connectivity index (χ2n) is 18.0. The van der Waals surface area contributed by atoms with Crippen molar-refractivity contribution in [2.24, 2.45) is 11.8 Å². The van der Waals surface area contributed by atoms with Crippen molar-refractivity contribution in [3.8, 4) is 0 Å². The molecule has 20 heteroatoms. The van der Waals surface area contributed by atoms with Gasteiger partial charge in [0.15, 0.2) is 11.6 Å². The van der Waals surface area contributed by atoms with Gasteiger partial charge in [0.25, 0.3) is 0 Å². The van der Waals surface area contributed by atoms with Gasteiger partial charge in [-0.2, -0.15) is 11.8 Å². The molecule has 0 aliphatic heterocycles. The minimum atomic E-state index is -1.24. The summed E-state index contributed by atoms with van der Waals surface area (Å²) in [6, 6.07) is -1.21. The number of aliphatic carboxylic acids is 3. The number of ketones is 3. The second kappa shape index (κ2) is 48.7. The van der Waals surface area contributed by atoms with E-state index in [2.05, 4.69) is 16.0 Å². The number of ether oxygens (including phenoxy) is 4. The van der Waals surface area contributed by atoms with Crippen molar-refractivity contribution in [3.05, 3.63) is 0 Å². The van der Waals surface area contributed by atoms with Gasteiger partial charge in [-0.3, -0.25) is 43.7 Å². The monoisotopic (exact) mass is 1030 g/mol. The first-order chi connectivity index (χ1) is 34.3. The third-order valence-corrected chi connectivity index (χ3v) is 13.0. The zero-order chi connectivity index (χ0) is 52.6. The number of carboxylic acid groups (broad SMARTS) is 3. The number of Topliss-reactive ketones (excluding diaryl/α,β-unsaturated/α-hetero) is 3. The Morgan fingerprint density at radius 1 is 0.493 bits per heavy atom. The lowest BCUT2D eigenvalue weighted by molar-refractivity contribution is -0.143. The number of nitrogens with one attached hydrogen (secondary N) is 3. The Labute approximate surface area is 427 Å². The Morgan fingerprint density at radius 2 is 1.03 bits per heavy atom. The van der Waals surface area contributed by atoms with E-state index in [0.717, 1.165) is 38.5 Å². The van der Waals surface area contributed by atoms with Crippen molar-refractivity contribution in [2.45, 2.75) is 173 Å². The Hall–Kier alpha value is -3.53. The molecule has 0 saturated carbocycles. The lowest BCUT2D eigenvalue weighted by Crippen LogP contribution is -2.43. The number of aliphatic hydroxyl groups is 1. The van der Waals surface area contributed by atoms with E-state index in [9.17, 15) is 43.5 Å². The molecule has 0 aromatic carbocycles. The van der Waals surface area contributed by atoms with E-state index in [1.807, 2.05) is 6.92 Å². The molecule has 2 amide bonds. The normalized spacial score (nSPS) is 12.5. The van der Waals surface area contributed by atoms with Crippen molar-refractivity contribution >= 4 is 58.8 Å². The van der Waals surface area contributed by atoms with Crippen LogP contribution < -0.4 is 16.0 Å². The molecule has 0 saturated heterocycles. The molecule has 0 radical (unpaired) electrons. The van der Waals surface area contributed by atoms with Gasteiger partial charge in [-0.05, 0) is 38.5 Å². The average Bonchev–Trinajstić information content (AvgIpc) is 3.33. The van der Waals surface area contributed by atoms with Crippen LogP contribution in [0.4, 0.5) is 0 Å². The Kier molecular flexibility index (Phi) is 46.3. The van der Waals surface area contributed by atoms with Crippen LogP contribution in [0, 0.1) is 11.8 Å². The Balaban J connectivity index is 3.66. The molecular weight excluding hydrogens is 943 g/mol. The second-order valence-corrected chi connectivity index (χ2v) is 19.0. The lowest BCUT2D eigenvalue weighted by atomic mass is 9.95. The predicted octanol–water partition coefficient (Wildman–Crippen LogP) is 5.93. The Bertz CT molecular complexity index is 1440. The first-order valence-corrected chi connectivity index (χ1v) is 27.5. The summed E-state index contributed by atoms with van der Waals surface area (Å²) in [6.07, 6.45) is 21.7. The number of thioether (sulfide) groups is 1. The van der Waals surface area contributed by atoms with Crippen molar-refractivity contribution < 1.29 is 77.7 Å². The average molecular weight is 1030 g/mol. The van der Waals surface area contributed by atoms with E-state index in [1.54, 1.807) is 0 Å². The number of carbonyl (C=O) groups is 8. The number of carbonyl (C=O) groups excluding carboxylic acids is 5. The number of rotatable bonds is 55. The third-order valence-electron chi connectivity index (χ3n) is 11.8. The number of hydrogen-bond donors (Lipinski definition) is 7. The summed E-state index contributed by atoms with van der Waals surface area (Å²) in [4.78, 5) is 94.2. The van der Waals surface area contributed by atoms with Crippen LogP contribution in [0.2, 0.25) is 0 Å². The first kappa shape index (κ1) is 67.5. The van der Waals surface area contributed by atoms with Crippen molar-refractivity contribution in [3.63, 3.8) is 0 Å². The standard InChI is InChI=1S/C51H91N3O16S/c1-2-41(46(58)35-54-45(36-55)51(65)66)39-71-40-44(57)22-19-27-52-48(60)38-70-34-31-67-29-20-23-43(56)37-69-33-32-68-30-28-53-47(59)26-25-42(50(63)64)21-17-15-13-11-9-7-5-3-4-6-8-10-12-14-16-18-24-49(61)62/h41-42,45,54-55H,2-40H2,1H3,(H,52,60)(H,53,59)(H,61,62)(H,63,64)(H,65,66)/t41-,42-,45-/m0/s1. The summed E-state index contributed by atoms with van der Waals surface area (Å²) in [7, 11) is 0. The molecule has 0 rings (SSSR count). The number of carboxylic acids is 3. The maximum Gasteiger partial charge on any atom is 0.323 e. The fourth-order valence-electron chi connectivity index (χ4n) is 7.41. The van der Waals surface area contributed by atoms with Crippen molar-refractivity contribution in [1.29, 1.82) is 0 Å². The van der Waals surface area contributed by atoms with Crippen LogP contribution >= 0.6 is 11.8 Å². The first-order valence-electron chi connectivity index (χ1n) is 26.3. The molecule has 0 fully saturated rings. The van der Waals surface area contributed by atoms with Crippen LogP contribution in [0.5, 0.6) is 0 Å². The zero-order valence-corrected chi connectivity index (χ0v) is 43.7. The molecule has 0 aromatic rings. The van der Waals surface area contributed by atoms with Crippen LogP contribution in [0.1, 0.15) is 167 Å². The molecule has 7 N–H and O–H groups in total. The van der Waals surface area contributed by atoms with Gasteiger partial charge < -0.3 is 50.0 Å². The molecule has 0 unspecified atom stereocenters.